The van der Waals surface area contributed by atoms with Gasteiger partial charge in [-0.15, -0.1) is 0 Å². The van der Waals surface area contributed by atoms with Gasteiger partial charge in [-0.3, -0.25) is 0 Å². The first-order valence-electron chi connectivity index (χ1n) is 6.29. The Morgan fingerprint density at radius 3 is 2.57 bits per heavy atom. The quantitative estimate of drug-likeness (QED) is 0.750. The molecule has 0 fully saturated rings. The topological polar surface area (TPSA) is 105 Å². The van der Waals surface area contributed by atoms with E-state index in [4.69, 9.17) is 19.3 Å². The highest BCUT2D eigenvalue weighted by Crippen LogP contribution is 2.24. The van der Waals surface area contributed by atoms with Crippen LogP contribution in [0.25, 0.3) is 0 Å². The molecule has 0 spiro atoms. The average molecular weight is 317 g/mol. The highest BCUT2D eigenvalue weighted by atomic mass is 32.2. The van der Waals surface area contributed by atoms with E-state index in [1.807, 2.05) is 0 Å². The first-order valence-corrected chi connectivity index (χ1v) is 7.83. The molecule has 1 aromatic carbocycles. The van der Waals surface area contributed by atoms with Crippen molar-refractivity contribution in [1.82, 2.24) is 0 Å². The van der Waals surface area contributed by atoms with Crippen molar-refractivity contribution in [3.8, 4) is 5.75 Å². The minimum Gasteiger partial charge on any atom is -0.492 e. The molecule has 21 heavy (non-hydrogen) atoms. The lowest BCUT2D eigenvalue weighted by Gasteiger charge is -2.13. The number of ether oxygens (including phenoxy) is 3. The summed E-state index contributed by atoms with van der Waals surface area (Å²) < 4.78 is 38.3. The molecule has 0 bridgehead atoms. The molecule has 0 saturated carbocycles. The highest BCUT2D eigenvalue weighted by Gasteiger charge is 2.20. The van der Waals surface area contributed by atoms with Crippen LogP contribution in [0.4, 0.5) is 0 Å². The van der Waals surface area contributed by atoms with Crippen molar-refractivity contribution in [1.29, 1.82) is 0 Å². The maximum absolute atomic E-state index is 11.9. The van der Waals surface area contributed by atoms with E-state index >= 15 is 0 Å². The van der Waals surface area contributed by atoms with Gasteiger partial charge in [0.2, 0.25) is 10.0 Å². The first-order chi connectivity index (χ1) is 9.79. The Morgan fingerprint density at radius 2 is 2.05 bits per heavy atom. The fourth-order valence-corrected chi connectivity index (χ4v) is 2.35. The summed E-state index contributed by atoms with van der Waals surface area (Å²) in [6.45, 7) is 3.89. The van der Waals surface area contributed by atoms with E-state index in [9.17, 15) is 13.2 Å². The third kappa shape index (κ3) is 5.00. The number of carbonyl (C=O) groups excluding carboxylic acids is 1. The predicted molar refractivity (Wildman–Crippen MR) is 75.7 cm³/mol. The van der Waals surface area contributed by atoms with Crippen LogP contribution in [0.15, 0.2) is 23.1 Å². The maximum atomic E-state index is 11.9. The number of hydrogen-bond acceptors (Lipinski definition) is 6. The summed E-state index contributed by atoms with van der Waals surface area (Å²) >= 11 is 0. The molecule has 7 nitrogen and oxygen atoms in total. The van der Waals surface area contributed by atoms with Gasteiger partial charge in [0.05, 0.1) is 18.8 Å². The molecule has 0 aliphatic heterocycles. The Labute approximate surface area is 124 Å². The smallest absolute Gasteiger partial charge is 0.338 e. The van der Waals surface area contributed by atoms with Crippen molar-refractivity contribution < 1.29 is 27.4 Å². The van der Waals surface area contributed by atoms with E-state index in [1.165, 1.54) is 19.2 Å². The summed E-state index contributed by atoms with van der Waals surface area (Å²) in [4.78, 5) is 11.7. The Kier molecular flexibility index (Phi) is 6.13. The highest BCUT2D eigenvalue weighted by molar-refractivity contribution is 7.89. The molecule has 0 aliphatic carbocycles. The van der Waals surface area contributed by atoms with Crippen molar-refractivity contribution >= 4 is 16.0 Å². The van der Waals surface area contributed by atoms with Crippen LogP contribution in [0.2, 0.25) is 0 Å². The van der Waals surface area contributed by atoms with E-state index < -0.39 is 22.1 Å². The van der Waals surface area contributed by atoms with Crippen LogP contribution in [0.3, 0.4) is 0 Å². The van der Waals surface area contributed by atoms with E-state index in [0.717, 1.165) is 6.07 Å². The number of primary sulfonamides is 1. The SMILES string of the molecule is CCOc1ccc(C(=O)OC(C)COC)cc1S(N)(=O)=O. The molecular weight excluding hydrogens is 298 g/mol. The zero-order chi connectivity index (χ0) is 16.0. The normalized spacial score (nSPS) is 12.8. The lowest BCUT2D eigenvalue weighted by molar-refractivity contribution is 0.0120. The summed E-state index contributed by atoms with van der Waals surface area (Å²) in [5.41, 5.74) is 0.0745. The van der Waals surface area contributed by atoms with Gasteiger partial charge in [0.1, 0.15) is 16.7 Å². The summed E-state index contributed by atoms with van der Waals surface area (Å²) in [5.74, 6) is -0.561. The molecule has 8 heteroatoms. The van der Waals surface area contributed by atoms with Crippen LogP contribution in [-0.2, 0) is 19.5 Å². The molecule has 1 aromatic rings. The molecule has 1 atom stereocenters. The largest absolute Gasteiger partial charge is 0.492 e. The van der Waals surface area contributed by atoms with Crippen molar-refractivity contribution in [2.75, 3.05) is 20.3 Å². The summed E-state index contributed by atoms with van der Waals surface area (Å²) in [5, 5.41) is 5.13. The lowest BCUT2D eigenvalue weighted by atomic mass is 10.2. The minimum atomic E-state index is -4.01. The van der Waals surface area contributed by atoms with Crippen LogP contribution in [0, 0.1) is 0 Å². The van der Waals surface area contributed by atoms with Gasteiger partial charge in [0.15, 0.2) is 0 Å². The molecule has 0 saturated heterocycles. The number of nitrogens with two attached hydrogens (primary N) is 1. The van der Waals surface area contributed by atoms with Crippen LogP contribution in [-0.4, -0.2) is 40.8 Å². The molecule has 0 aliphatic rings. The molecule has 0 aromatic heterocycles. The van der Waals surface area contributed by atoms with Crippen molar-refractivity contribution in [3.05, 3.63) is 23.8 Å². The van der Waals surface area contributed by atoms with Gasteiger partial charge in [-0.25, -0.2) is 18.4 Å². The van der Waals surface area contributed by atoms with Crippen LogP contribution in [0.1, 0.15) is 24.2 Å². The van der Waals surface area contributed by atoms with E-state index in [1.54, 1.807) is 13.8 Å². The summed E-state index contributed by atoms with van der Waals surface area (Å²) in [6, 6.07) is 3.94. The molecule has 0 radical (unpaired) electrons. The Morgan fingerprint density at radius 1 is 1.38 bits per heavy atom. The minimum absolute atomic E-state index is 0.0745. The second-order valence-corrected chi connectivity index (χ2v) is 5.84. The van der Waals surface area contributed by atoms with Crippen molar-refractivity contribution in [3.63, 3.8) is 0 Å². The number of benzene rings is 1. The van der Waals surface area contributed by atoms with Crippen LogP contribution < -0.4 is 9.88 Å². The van der Waals surface area contributed by atoms with E-state index in [2.05, 4.69) is 0 Å². The number of carbonyl (C=O) groups is 1. The maximum Gasteiger partial charge on any atom is 0.338 e. The predicted octanol–water partition coefficient (Wildman–Crippen LogP) is 0.924. The summed E-state index contributed by atoms with van der Waals surface area (Å²) in [6.07, 6.45) is -0.452. The van der Waals surface area contributed by atoms with E-state index in [-0.39, 0.29) is 29.4 Å². The Bertz CT molecular complexity index is 599. The molecule has 118 valence electrons. The van der Waals surface area contributed by atoms with Gasteiger partial charge >= 0.3 is 5.97 Å². The van der Waals surface area contributed by atoms with Crippen LogP contribution in [0.5, 0.6) is 5.75 Å². The molecular formula is C13H19NO6S. The van der Waals surface area contributed by atoms with Crippen molar-refractivity contribution in [2.45, 2.75) is 24.8 Å². The lowest BCUT2D eigenvalue weighted by Crippen LogP contribution is -2.20. The van der Waals surface area contributed by atoms with Gasteiger partial charge in [-0.2, -0.15) is 0 Å². The molecule has 1 unspecified atom stereocenters. The zero-order valence-corrected chi connectivity index (χ0v) is 13.0. The fourth-order valence-electron chi connectivity index (χ4n) is 1.65. The zero-order valence-electron chi connectivity index (χ0n) is 12.2. The standard InChI is InChI=1S/C13H19NO6S/c1-4-19-11-6-5-10(7-12(11)21(14,16)17)13(15)20-9(2)8-18-3/h5-7,9H,4,8H2,1-3H3,(H2,14,16,17). The van der Waals surface area contributed by atoms with Gasteiger partial charge in [0, 0.05) is 7.11 Å². The number of sulfonamides is 1. The third-order valence-electron chi connectivity index (χ3n) is 2.50. The number of rotatable bonds is 7. The first kappa shape index (κ1) is 17.4. The Hall–Kier alpha value is -1.64. The molecule has 0 amide bonds. The van der Waals surface area contributed by atoms with Crippen molar-refractivity contribution in [2.24, 2.45) is 5.14 Å². The second-order valence-electron chi connectivity index (χ2n) is 4.31. The average Bonchev–Trinajstić information content (AvgIpc) is 2.38. The summed E-state index contributed by atoms with van der Waals surface area (Å²) in [7, 11) is -2.52. The van der Waals surface area contributed by atoms with Gasteiger partial charge in [-0.05, 0) is 32.0 Å². The Balaban J connectivity index is 3.08. The van der Waals surface area contributed by atoms with Crippen LogP contribution >= 0.6 is 0 Å². The second kappa shape index (κ2) is 7.39. The number of esters is 1. The van der Waals surface area contributed by atoms with Gasteiger partial charge in [-0.1, -0.05) is 0 Å². The monoisotopic (exact) mass is 317 g/mol. The number of methoxy groups -OCH3 is 1. The fraction of sp³-hybridized carbons (Fsp3) is 0.462. The number of hydrogen-bond donors (Lipinski definition) is 1. The molecule has 2 N–H and O–H groups in total. The third-order valence-corrected chi connectivity index (χ3v) is 3.43. The van der Waals surface area contributed by atoms with Gasteiger partial charge < -0.3 is 14.2 Å². The van der Waals surface area contributed by atoms with E-state index in [0.29, 0.717) is 0 Å². The molecule has 1 rings (SSSR count). The van der Waals surface area contributed by atoms with Gasteiger partial charge in [0.25, 0.3) is 0 Å². The molecule has 0 heterocycles.